The Balaban J connectivity index is 2.08. The molecular formula is C19H18N4O. The number of aromatic nitrogens is 1. The molecule has 24 heavy (non-hydrogen) atoms. The Kier molecular flexibility index (Phi) is 4.20. The van der Waals surface area contributed by atoms with E-state index in [9.17, 15) is 10.5 Å². The molecule has 2 aromatic rings. The van der Waals surface area contributed by atoms with Gasteiger partial charge in [-0.15, -0.1) is 0 Å². The minimum Gasteiger partial charge on any atom is -0.497 e. The molecule has 1 aliphatic rings. The van der Waals surface area contributed by atoms with Crippen molar-refractivity contribution >= 4 is 0 Å². The van der Waals surface area contributed by atoms with Crippen molar-refractivity contribution in [1.29, 1.82) is 10.5 Å². The van der Waals surface area contributed by atoms with E-state index in [0.29, 0.717) is 6.54 Å². The molecule has 2 atom stereocenters. The van der Waals surface area contributed by atoms with Gasteiger partial charge in [-0.1, -0.05) is 18.2 Å². The quantitative estimate of drug-likeness (QED) is 0.870. The highest BCUT2D eigenvalue weighted by atomic mass is 16.5. The average Bonchev–Trinajstić information content (AvgIpc) is 2.95. The van der Waals surface area contributed by atoms with Gasteiger partial charge in [0.15, 0.2) is 5.41 Å². The van der Waals surface area contributed by atoms with E-state index in [-0.39, 0.29) is 12.0 Å². The summed E-state index contributed by atoms with van der Waals surface area (Å²) in [4.78, 5) is 6.22. The zero-order valence-corrected chi connectivity index (χ0v) is 13.7. The summed E-state index contributed by atoms with van der Waals surface area (Å²) < 4.78 is 5.20. The van der Waals surface area contributed by atoms with Crippen LogP contribution in [0.1, 0.15) is 23.1 Å². The minimum atomic E-state index is -1.16. The number of methoxy groups -OCH3 is 1. The van der Waals surface area contributed by atoms with E-state index in [4.69, 9.17) is 4.74 Å². The molecule has 0 N–H and O–H groups in total. The summed E-state index contributed by atoms with van der Waals surface area (Å²) in [5, 5.41) is 19.9. The largest absolute Gasteiger partial charge is 0.497 e. The van der Waals surface area contributed by atoms with Gasteiger partial charge in [-0.25, -0.2) is 0 Å². The fourth-order valence-corrected chi connectivity index (χ4v) is 3.64. The first-order chi connectivity index (χ1) is 11.7. The van der Waals surface area contributed by atoms with Crippen molar-refractivity contribution in [3.05, 3.63) is 59.9 Å². The molecule has 0 bridgehead atoms. The van der Waals surface area contributed by atoms with Crippen LogP contribution in [-0.4, -0.2) is 30.6 Å². The van der Waals surface area contributed by atoms with Crippen LogP contribution in [0.25, 0.3) is 0 Å². The summed E-state index contributed by atoms with van der Waals surface area (Å²) in [6.45, 7) is 0.632. The van der Waals surface area contributed by atoms with Crippen LogP contribution in [-0.2, 0) is 0 Å². The maximum atomic E-state index is 9.95. The van der Waals surface area contributed by atoms with Crippen molar-refractivity contribution in [2.24, 2.45) is 5.41 Å². The van der Waals surface area contributed by atoms with E-state index in [1.54, 1.807) is 19.5 Å². The van der Waals surface area contributed by atoms with Crippen LogP contribution in [0.2, 0.25) is 0 Å². The van der Waals surface area contributed by atoms with Crippen molar-refractivity contribution in [2.75, 3.05) is 20.7 Å². The van der Waals surface area contributed by atoms with E-state index in [1.807, 2.05) is 43.4 Å². The van der Waals surface area contributed by atoms with Crippen LogP contribution in [0.5, 0.6) is 5.75 Å². The molecule has 120 valence electrons. The van der Waals surface area contributed by atoms with Crippen LogP contribution in [0.4, 0.5) is 0 Å². The summed E-state index contributed by atoms with van der Waals surface area (Å²) in [6, 6.07) is 15.7. The molecule has 2 heterocycles. The van der Waals surface area contributed by atoms with E-state index in [0.717, 1.165) is 16.9 Å². The van der Waals surface area contributed by atoms with E-state index in [1.165, 1.54) is 0 Å². The third-order valence-electron chi connectivity index (χ3n) is 4.78. The van der Waals surface area contributed by atoms with Crippen molar-refractivity contribution < 1.29 is 4.74 Å². The van der Waals surface area contributed by atoms with Crippen LogP contribution >= 0.6 is 0 Å². The van der Waals surface area contributed by atoms with Gasteiger partial charge in [0.05, 0.1) is 25.3 Å². The van der Waals surface area contributed by atoms with Gasteiger partial charge >= 0.3 is 0 Å². The Bertz CT molecular complexity index is 775. The van der Waals surface area contributed by atoms with Crippen molar-refractivity contribution in [3.63, 3.8) is 0 Å². The highest BCUT2D eigenvalue weighted by molar-refractivity contribution is 5.41. The van der Waals surface area contributed by atoms with Gasteiger partial charge in [-0.05, 0) is 36.4 Å². The predicted octanol–water partition coefficient (Wildman–Crippen LogP) is 2.89. The van der Waals surface area contributed by atoms with Gasteiger partial charge in [0, 0.05) is 24.9 Å². The number of nitrogens with zero attached hydrogens (tertiary/aromatic N) is 4. The third kappa shape index (κ3) is 2.40. The molecule has 0 saturated carbocycles. The average molecular weight is 318 g/mol. The summed E-state index contributed by atoms with van der Waals surface area (Å²) >= 11 is 0. The number of pyridine rings is 1. The topological polar surface area (TPSA) is 72.9 Å². The fourth-order valence-electron chi connectivity index (χ4n) is 3.64. The van der Waals surface area contributed by atoms with E-state index in [2.05, 4.69) is 22.0 Å². The van der Waals surface area contributed by atoms with Gasteiger partial charge in [0.25, 0.3) is 0 Å². The number of likely N-dealkylation sites (N-methyl/N-ethyl adjacent to an activating group) is 1. The standard InChI is InChI=1S/C19H18N4O/c1-23-11-17(14-5-7-16(24-2)8-6-14)19(12-20,13-21)18(23)15-4-3-9-22-10-15/h3-10,17-18H,11H2,1-2H3/t17-,18+/m0/s1. The van der Waals surface area contributed by atoms with E-state index < -0.39 is 5.41 Å². The molecule has 5 heteroatoms. The second-order valence-electron chi connectivity index (χ2n) is 6.05. The third-order valence-corrected chi connectivity index (χ3v) is 4.78. The van der Waals surface area contributed by atoms with Gasteiger partial charge in [-0.2, -0.15) is 10.5 Å². The Hall–Kier alpha value is -2.89. The van der Waals surface area contributed by atoms with Crippen molar-refractivity contribution in [1.82, 2.24) is 9.88 Å². The molecular weight excluding hydrogens is 300 g/mol. The zero-order chi connectivity index (χ0) is 17.2. The first kappa shape index (κ1) is 16.0. The Morgan fingerprint density at radius 3 is 2.42 bits per heavy atom. The van der Waals surface area contributed by atoms with Crippen LogP contribution in [0, 0.1) is 28.1 Å². The second-order valence-corrected chi connectivity index (χ2v) is 6.05. The molecule has 3 rings (SSSR count). The van der Waals surface area contributed by atoms with Crippen molar-refractivity contribution in [3.8, 4) is 17.9 Å². The predicted molar refractivity (Wildman–Crippen MR) is 89.0 cm³/mol. The molecule has 1 saturated heterocycles. The van der Waals surface area contributed by atoms with Crippen LogP contribution in [0.15, 0.2) is 48.8 Å². The number of hydrogen-bond acceptors (Lipinski definition) is 5. The molecule has 0 aliphatic carbocycles. The molecule has 0 spiro atoms. The van der Waals surface area contributed by atoms with Crippen LogP contribution < -0.4 is 4.74 Å². The number of hydrogen-bond donors (Lipinski definition) is 0. The molecule has 1 aliphatic heterocycles. The number of ether oxygens (including phenoxy) is 1. The number of rotatable bonds is 3. The zero-order valence-electron chi connectivity index (χ0n) is 13.7. The number of nitriles is 2. The lowest BCUT2D eigenvalue weighted by atomic mass is 9.71. The SMILES string of the molecule is COc1ccc([C@@H]2CN(C)[C@H](c3cccnc3)C2(C#N)C#N)cc1. The highest BCUT2D eigenvalue weighted by Crippen LogP contribution is 2.53. The maximum absolute atomic E-state index is 9.95. The monoisotopic (exact) mass is 318 g/mol. The van der Waals surface area contributed by atoms with Gasteiger partial charge < -0.3 is 4.74 Å². The lowest BCUT2D eigenvalue weighted by Crippen LogP contribution is -2.30. The maximum Gasteiger partial charge on any atom is 0.171 e. The number of benzene rings is 1. The smallest absolute Gasteiger partial charge is 0.171 e. The Morgan fingerprint density at radius 2 is 1.88 bits per heavy atom. The molecule has 1 aromatic carbocycles. The molecule has 5 nitrogen and oxygen atoms in total. The first-order valence-corrected chi connectivity index (χ1v) is 7.73. The molecule has 1 fully saturated rings. The molecule has 0 unspecified atom stereocenters. The Morgan fingerprint density at radius 1 is 1.17 bits per heavy atom. The fraction of sp³-hybridized carbons (Fsp3) is 0.316. The van der Waals surface area contributed by atoms with Crippen LogP contribution in [0.3, 0.4) is 0 Å². The van der Waals surface area contributed by atoms with Gasteiger partial charge in [0.1, 0.15) is 5.75 Å². The van der Waals surface area contributed by atoms with Gasteiger partial charge in [0.2, 0.25) is 0 Å². The Labute approximate surface area is 141 Å². The second kappa shape index (κ2) is 6.31. The van der Waals surface area contributed by atoms with Gasteiger partial charge in [-0.3, -0.25) is 9.88 Å². The lowest BCUT2D eigenvalue weighted by Gasteiger charge is -2.28. The van der Waals surface area contributed by atoms with E-state index >= 15 is 0 Å². The summed E-state index contributed by atoms with van der Waals surface area (Å²) in [7, 11) is 3.57. The highest BCUT2D eigenvalue weighted by Gasteiger charge is 2.55. The first-order valence-electron chi connectivity index (χ1n) is 7.73. The normalized spacial score (nSPS) is 22.5. The summed E-state index contributed by atoms with van der Waals surface area (Å²) in [5.41, 5.74) is 0.697. The molecule has 0 radical (unpaired) electrons. The summed E-state index contributed by atoms with van der Waals surface area (Å²) in [6.07, 6.45) is 3.43. The lowest BCUT2D eigenvalue weighted by molar-refractivity contribution is 0.267. The molecule has 0 amide bonds. The number of likely N-dealkylation sites (tertiary alicyclic amines) is 1. The molecule has 1 aromatic heterocycles. The van der Waals surface area contributed by atoms with Crippen molar-refractivity contribution in [2.45, 2.75) is 12.0 Å². The summed E-state index contributed by atoms with van der Waals surface area (Å²) in [5.74, 6) is 0.557. The minimum absolute atomic E-state index is 0.200.